The van der Waals surface area contributed by atoms with E-state index in [0.717, 1.165) is 23.4 Å². The molecule has 3 heteroatoms. The Morgan fingerprint density at radius 2 is 2.24 bits per heavy atom. The van der Waals surface area contributed by atoms with Gasteiger partial charge in [-0.1, -0.05) is 13.0 Å². The minimum Gasteiger partial charge on any atom is -0.367 e. The third-order valence-electron chi connectivity index (χ3n) is 3.43. The maximum atomic E-state index is 9.23. The molecule has 0 aliphatic carbocycles. The molecule has 0 radical (unpaired) electrons. The molecule has 0 amide bonds. The molecule has 2 unspecified atom stereocenters. The second kappa shape index (κ2) is 4.98. The van der Waals surface area contributed by atoms with Gasteiger partial charge in [0.05, 0.1) is 11.3 Å². The van der Waals surface area contributed by atoms with Gasteiger partial charge in [0, 0.05) is 18.5 Å². The standard InChI is InChI=1S/C14H17ClN2/c1-10-5-11(2)17(9-10)14-4-3-12(7-15)6-13(14)8-16/h3-4,6,10-11H,5,7,9H2,1-2H3. The van der Waals surface area contributed by atoms with E-state index in [1.54, 1.807) is 0 Å². The van der Waals surface area contributed by atoms with Crippen LogP contribution >= 0.6 is 11.6 Å². The third-order valence-corrected chi connectivity index (χ3v) is 3.74. The van der Waals surface area contributed by atoms with Crippen LogP contribution in [0.25, 0.3) is 0 Å². The van der Waals surface area contributed by atoms with Crippen LogP contribution in [-0.4, -0.2) is 12.6 Å². The van der Waals surface area contributed by atoms with Crippen LogP contribution in [0.5, 0.6) is 0 Å². The molecular weight excluding hydrogens is 232 g/mol. The lowest BCUT2D eigenvalue weighted by Crippen LogP contribution is -2.27. The van der Waals surface area contributed by atoms with Gasteiger partial charge in [-0.2, -0.15) is 5.26 Å². The van der Waals surface area contributed by atoms with Crippen LogP contribution in [0.15, 0.2) is 18.2 Å². The number of rotatable bonds is 2. The SMILES string of the molecule is CC1CC(C)N(c2ccc(CCl)cc2C#N)C1. The fraction of sp³-hybridized carbons (Fsp3) is 0.500. The molecule has 1 aliphatic rings. The molecule has 1 heterocycles. The highest BCUT2D eigenvalue weighted by atomic mass is 35.5. The van der Waals surface area contributed by atoms with Gasteiger partial charge in [0.1, 0.15) is 6.07 Å². The van der Waals surface area contributed by atoms with Gasteiger partial charge < -0.3 is 4.90 Å². The topological polar surface area (TPSA) is 27.0 Å². The van der Waals surface area contributed by atoms with Gasteiger partial charge in [-0.3, -0.25) is 0 Å². The Labute approximate surface area is 108 Å². The van der Waals surface area contributed by atoms with Crippen molar-refractivity contribution in [2.45, 2.75) is 32.2 Å². The molecule has 1 fully saturated rings. The molecule has 0 saturated carbocycles. The Bertz CT molecular complexity index is 450. The van der Waals surface area contributed by atoms with E-state index in [4.69, 9.17) is 11.6 Å². The highest BCUT2D eigenvalue weighted by Crippen LogP contribution is 2.31. The fourth-order valence-corrected chi connectivity index (χ4v) is 2.81. The number of nitrogens with zero attached hydrogens (tertiary/aromatic N) is 2. The highest BCUT2D eigenvalue weighted by Gasteiger charge is 2.27. The molecule has 0 spiro atoms. The zero-order valence-electron chi connectivity index (χ0n) is 10.3. The van der Waals surface area contributed by atoms with Crippen LogP contribution < -0.4 is 4.90 Å². The Morgan fingerprint density at radius 3 is 2.76 bits per heavy atom. The van der Waals surface area contributed by atoms with Crippen molar-refractivity contribution in [3.63, 3.8) is 0 Å². The van der Waals surface area contributed by atoms with Gasteiger partial charge in [-0.25, -0.2) is 0 Å². The first-order chi connectivity index (χ1) is 8.15. The second-order valence-corrected chi connectivity index (χ2v) is 5.21. The van der Waals surface area contributed by atoms with E-state index in [9.17, 15) is 5.26 Å². The lowest BCUT2D eigenvalue weighted by Gasteiger charge is -2.25. The van der Waals surface area contributed by atoms with Crippen molar-refractivity contribution in [3.05, 3.63) is 29.3 Å². The first kappa shape index (κ1) is 12.3. The number of halogens is 1. The lowest BCUT2D eigenvalue weighted by molar-refractivity contribution is 0.625. The first-order valence-electron chi connectivity index (χ1n) is 6.01. The number of anilines is 1. The average Bonchev–Trinajstić information content (AvgIpc) is 2.67. The van der Waals surface area contributed by atoms with E-state index < -0.39 is 0 Å². The van der Waals surface area contributed by atoms with Crippen molar-refractivity contribution in [2.75, 3.05) is 11.4 Å². The normalized spacial score (nSPS) is 23.8. The van der Waals surface area contributed by atoms with Gasteiger partial charge in [-0.05, 0) is 37.0 Å². The first-order valence-corrected chi connectivity index (χ1v) is 6.54. The summed E-state index contributed by atoms with van der Waals surface area (Å²) in [6.07, 6.45) is 1.20. The molecular formula is C14H17ClN2. The molecule has 17 heavy (non-hydrogen) atoms. The minimum absolute atomic E-state index is 0.459. The molecule has 0 bridgehead atoms. The summed E-state index contributed by atoms with van der Waals surface area (Å²) in [4.78, 5) is 2.33. The second-order valence-electron chi connectivity index (χ2n) is 4.94. The Morgan fingerprint density at radius 1 is 1.47 bits per heavy atom. The summed E-state index contributed by atoms with van der Waals surface area (Å²) < 4.78 is 0. The van der Waals surface area contributed by atoms with Crippen molar-refractivity contribution >= 4 is 17.3 Å². The quantitative estimate of drug-likeness (QED) is 0.749. The molecule has 90 valence electrons. The predicted octanol–water partition coefficient (Wildman–Crippen LogP) is 3.53. The Balaban J connectivity index is 2.36. The van der Waals surface area contributed by atoms with Gasteiger partial charge in [-0.15, -0.1) is 11.6 Å². The van der Waals surface area contributed by atoms with Crippen molar-refractivity contribution in [1.29, 1.82) is 5.26 Å². The van der Waals surface area contributed by atoms with Crippen molar-refractivity contribution in [1.82, 2.24) is 0 Å². The summed E-state index contributed by atoms with van der Waals surface area (Å²) in [7, 11) is 0. The third kappa shape index (κ3) is 2.40. The maximum Gasteiger partial charge on any atom is 0.101 e. The van der Waals surface area contributed by atoms with Crippen molar-refractivity contribution in [2.24, 2.45) is 5.92 Å². The molecule has 1 aromatic carbocycles. The van der Waals surface area contributed by atoms with Crippen molar-refractivity contribution in [3.8, 4) is 6.07 Å². The van der Waals surface area contributed by atoms with Gasteiger partial charge in [0.25, 0.3) is 0 Å². The zero-order valence-corrected chi connectivity index (χ0v) is 11.0. The summed E-state index contributed by atoms with van der Waals surface area (Å²) >= 11 is 5.80. The fourth-order valence-electron chi connectivity index (χ4n) is 2.64. The average molecular weight is 249 g/mol. The maximum absolute atomic E-state index is 9.23. The Kier molecular flexibility index (Phi) is 3.59. The number of benzene rings is 1. The van der Waals surface area contributed by atoms with Crippen LogP contribution in [-0.2, 0) is 5.88 Å². The summed E-state index contributed by atoms with van der Waals surface area (Å²) in [5.74, 6) is 1.16. The van der Waals surface area contributed by atoms with Crippen LogP contribution in [0.2, 0.25) is 0 Å². The molecule has 2 rings (SSSR count). The number of hydrogen-bond acceptors (Lipinski definition) is 2. The molecule has 1 saturated heterocycles. The van der Waals surface area contributed by atoms with Crippen LogP contribution in [0.1, 0.15) is 31.4 Å². The van der Waals surface area contributed by atoms with E-state index in [0.29, 0.717) is 17.8 Å². The molecule has 1 aromatic rings. The van der Waals surface area contributed by atoms with Gasteiger partial charge in [0.15, 0.2) is 0 Å². The number of alkyl halides is 1. The monoisotopic (exact) mass is 248 g/mol. The minimum atomic E-state index is 0.459. The molecule has 0 N–H and O–H groups in total. The lowest BCUT2D eigenvalue weighted by atomic mass is 10.1. The van der Waals surface area contributed by atoms with Crippen LogP contribution in [0.3, 0.4) is 0 Å². The van der Waals surface area contributed by atoms with Gasteiger partial charge >= 0.3 is 0 Å². The van der Waals surface area contributed by atoms with E-state index in [1.165, 1.54) is 6.42 Å². The highest BCUT2D eigenvalue weighted by molar-refractivity contribution is 6.17. The summed E-state index contributed by atoms with van der Waals surface area (Å²) in [6, 6.07) is 8.74. The van der Waals surface area contributed by atoms with E-state index >= 15 is 0 Å². The number of nitriles is 1. The van der Waals surface area contributed by atoms with Gasteiger partial charge in [0.2, 0.25) is 0 Å². The van der Waals surface area contributed by atoms with E-state index in [2.05, 4.69) is 24.8 Å². The molecule has 2 atom stereocenters. The van der Waals surface area contributed by atoms with Crippen molar-refractivity contribution < 1.29 is 0 Å². The van der Waals surface area contributed by atoms with E-state index in [1.807, 2.05) is 18.2 Å². The smallest absolute Gasteiger partial charge is 0.101 e. The van der Waals surface area contributed by atoms with Crippen LogP contribution in [0.4, 0.5) is 5.69 Å². The summed E-state index contributed by atoms with van der Waals surface area (Å²) in [5.41, 5.74) is 2.80. The predicted molar refractivity (Wildman–Crippen MR) is 71.3 cm³/mol. The largest absolute Gasteiger partial charge is 0.367 e. The Hall–Kier alpha value is -1.20. The summed E-state index contributed by atoms with van der Waals surface area (Å²) in [5, 5.41) is 9.23. The number of hydrogen-bond donors (Lipinski definition) is 0. The molecule has 1 aliphatic heterocycles. The van der Waals surface area contributed by atoms with Crippen LogP contribution in [0, 0.1) is 17.2 Å². The summed E-state index contributed by atoms with van der Waals surface area (Å²) in [6.45, 7) is 5.52. The van der Waals surface area contributed by atoms with E-state index in [-0.39, 0.29) is 0 Å². The molecule has 2 nitrogen and oxygen atoms in total. The molecule has 0 aromatic heterocycles. The zero-order chi connectivity index (χ0) is 12.4.